The van der Waals surface area contributed by atoms with Crippen LogP contribution in [0.5, 0.6) is 11.5 Å². The molecule has 1 heterocycles. The highest BCUT2D eigenvalue weighted by atomic mass is 19.4. The Morgan fingerprint density at radius 1 is 0.900 bits per heavy atom. The minimum absolute atomic E-state index is 0.269. The van der Waals surface area contributed by atoms with E-state index >= 15 is 0 Å². The summed E-state index contributed by atoms with van der Waals surface area (Å²) < 4.78 is 48.7. The quantitative estimate of drug-likeness (QED) is 0.405. The molecule has 0 saturated carbocycles. The molecule has 0 N–H and O–H groups in total. The summed E-state index contributed by atoms with van der Waals surface area (Å²) in [5.41, 5.74) is 4.59. The summed E-state index contributed by atoms with van der Waals surface area (Å²) in [6, 6.07) is 19.5. The molecule has 0 bridgehead atoms. The fraction of sp³-hybridized carbons (Fsp3) is 0.174. The summed E-state index contributed by atoms with van der Waals surface area (Å²) in [6.45, 7) is 2.60. The predicted molar refractivity (Wildman–Crippen MR) is 109 cm³/mol. The van der Waals surface area contributed by atoms with Gasteiger partial charge in [0.25, 0.3) is 0 Å². The zero-order valence-electron chi connectivity index (χ0n) is 16.4. The maximum Gasteiger partial charge on any atom is 0.573 e. The van der Waals surface area contributed by atoms with E-state index in [2.05, 4.69) is 16.9 Å². The number of halogens is 3. The molecular weight excluding hydrogens is 393 g/mol. The van der Waals surface area contributed by atoms with Gasteiger partial charge in [0, 0.05) is 18.2 Å². The number of benzene rings is 3. The molecule has 154 valence electrons. The first-order chi connectivity index (χ1) is 14.3. The Bertz CT molecular complexity index is 1160. The summed E-state index contributed by atoms with van der Waals surface area (Å²) in [5.74, 6) is 1.06. The molecule has 0 saturated heterocycles. The maximum absolute atomic E-state index is 12.5. The van der Waals surface area contributed by atoms with Gasteiger partial charge in [0.15, 0.2) is 0 Å². The van der Waals surface area contributed by atoms with Crippen LogP contribution in [0, 0.1) is 6.92 Å². The zero-order valence-corrected chi connectivity index (χ0v) is 16.4. The van der Waals surface area contributed by atoms with Crippen LogP contribution in [0.25, 0.3) is 22.4 Å². The van der Waals surface area contributed by atoms with Gasteiger partial charge in [-0.25, -0.2) is 4.98 Å². The van der Waals surface area contributed by atoms with Crippen LogP contribution in [0.4, 0.5) is 13.2 Å². The summed E-state index contributed by atoms with van der Waals surface area (Å²) in [7, 11) is 1.59. The first-order valence-electron chi connectivity index (χ1n) is 9.28. The molecule has 0 aliphatic heterocycles. The molecule has 0 unspecified atom stereocenters. The normalized spacial score (nSPS) is 11.6. The average molecular weight is 412 g/mol. The molecule has 1 aromatic heterocycles. The van der Waals surface area contributed by atoms with Gasteiger partial charge in [-0.15, -0.1) is 13.2 Å². The third kappa shape index (κ3) is 4.25. The molecule has 0 spiro atoms. The van der Waals surface area contributed by atoms with E-state index in [9.17, 15) is 13.2 Å². The van der Waals surface area contributed by atoms with Gasteiger partial charge < -0.3 is 14.0 Å². The Hall–Kier alpha value is -3.48. The molecule has 3 aromatic carbocycles. The van der Waals surface area contributed by atoms with Gasteiger partial charge >= 0.3 is 6.36 Å². The lowest BCUT2D eigenvalue weighted by molar-refractivity contribution is -0.274. The molecule has 30 heavy (non-hydrogen) atoms. The van der Waals surface area contributed by atoms with Gasteiger partial charge in [-0.3, -0.25) is 0 Å². The lowest BCUT2D eigenvalue weighted by Crippen LogP contribution is -2.16. The number of aromatic nitrogens is 2. The van der Waals surface area contributed by atoms with Crippen molar-refractivity contribution in [2.24, 2.45) is 0 Å². The van der Waals surface area contributed by atoms with Crippen molar-refractivity contribution in [3.05, 3.63) is 77.9 Å². The number of hydrogen-bond acceptors (Lipinski definition) is 3. The Morgan fingerprint density at radius 2 is 1.57 bits per heavy atom. The first-order valence-corrected chi connectivity index (χ1v) is 9.28. The SMILES string of the molecule is COc1ccc2c(c1)nc(-c1ccc(OC(F)(F)F)cc1)n2Cc1ccc(C)cc1. The van der Waals surface area contributed by atoms with Gasteiger partial charge in [-0.1, -0.05) is 29.8 Å². The van der Waals surface area contributed by atoms with Crippen molar-refractivity contribution in [2.75, 3.05) is 7.11 Å². The van der Waals surface area contributed by atoms with Crippen LogP contribution in [0.3, 0.4) is 0 Å². The van der Waals surface area contributed by atoms with Crippen LogP contribution in [-0.4, -0.2) is 23.0 Å². The van der Waals surface area contributed by atoms with Crippen LogP contribution in [0.2, 0.25) is 0 Å². The smallest absolute Gasteiger partial charge is 0.497 e. The topological polar surface area (TPSA) is 36.3 Å². The predicted octanol–water partition coefficient (Wildman–Crippen LogP) is 5.97. The van der Waals surface area contributed by atoms with E-state index in [1.54, 1.807) is 19.2 Å². The van der Waals surface area contributed by atoms with Gasteiger partial charge in [-0.2, -0.15) is 0 Å². The van der Waals surface area contributed by atoms with Crippen molar-refractivity contribution < 1.29 is 22.6 Å². The van der Waals surface area contributed by atoms with Crippen LogP contribution >= 0.6 is 0 Å². The third-order valence-electron chi connectivity index (χ3n) is 4.76. The molecule has 0 fully saturated rings. The van der Waals surface area contributed by atoms with E-state index in [0.29, 0.717) is 23.7 Å². The number of nitrogens with zero attached hydrogens (tertiary/aromatic N) is 2. The van der Waals surface area contributed by atoms with Gasteiger partial charge in [-0.05, 0) is 48.9 Å². The zero-order chi connectivity index (χ0) is 21.3. The molecule has 4 nitrogen and oxygen atoms in total. The minimum Gasteiger partial charge on any atom is -0.497 e. The highest BCUT2D eigenvalue weighted by molar-refractivity contribution is 5.82. The third-order valence-corrected chi connectivity index (χ3v) is 4.76. The number of aryl methyl sites for hydroxylation is 1. The Morgan fingerprint density at radius 3 is 2.20 bits per heavy atom. The second-order valence-electron chi connectivity index (χ2n) is 6.93. The van der Waals surface area contributed by atoms with Crippen LogP contribution in [0.1, 0.15) is 11.1 Å². The highest BCUT2D eigenvalue weighted by Gasteiger charge is 2.31. The average Bonchev–Trinajstić information content (AvgIpc) is 3.06. The van der Waals surface area contributed by atoms with Crippen molar-refractivity contribution >= 4 is 11.0 Å². The number of ether oxygens (including phenoxy) is 2. The van der Waals surface area contributed by atoms with Gasteiger partial charge in [0.05, 0.1) is 18.1 Å². The lowest BCUT2D eigenvalue weighted by Gasteiger charge is -2.12. The van der Waals surface area contributed by atoms with Crippen LogP contribution in [-0.2, 0) is 6.54 Å². The standard InChI is InChI=1S/C23H19F3N2O2/c1-15-3-5-16(6-4-15)14-28-21-12-11-19(29-2)13-20(21)27-22(28)17-7-9-18(10-8-17)30-23(24,25)26/h3-13H,14H2,1-2H3. The molecule has 0 atom stereocenters. The first kappa shape index (κ1) is 19.8. The molecular formula is C23H19F3N2O2. The molecule has 0 aliphatic carbocycles. The number of fused-ring (bicyclic) bond motifs is 1. The van der Waals surface area contributed by atoms with Crippen molar-refractivity contribution in [1.82, 2.24) is 9.55 Å². The second kappa shape index (κ2) is 7.74. The molecule has 0 amide bonds. The van der Waals surface area contributed by atoms with E-state index in [-0.39, 0.29) is 5.75 Å². The largest absolute Gasteiger partial charge is 0.573 e. The van der Waals surface area contributed by atoms with E-state index in [0.717, 1.165) is 16.6 Å². The van der Waals surface area contributed by atoms with Crippen molar-refractivity contribution in [3.8, 4) is 22.9 Å². The molecule has 7 heteroatoms. The Labute approximate surface area is 171 Å². The molecule has 0 aliphatic rings. The number of alkyl halides is 3. The van der Waals surface area contributed by atoms with Crippen LogP contribution < -0.4 is 9.47 Å². The summed E-state index contributed by atoms with van der Waals surface area (Å²) in [5, 5.41) is 0. The van der Waals surface area contributed by atoms with Crippen molar-refractivity contribution in [1.29, 1.82) is 0 Å². The van der Waals surface area contributed by atoms with E-state index in [4.69, 9.17) is 9.72 Å². The van der Waals surface area contributed by atoms with Crippen LogP contribution in [0.15, 0.2) is 66.7 Å². The van der Waals surface area contributed by atoms with E-state index in [1.807, 2.05) is 41.8 Å². The van der Waals surface area contributed by atoms with Gasteiger partial charge in [0.2, 0.25) is 0 Å². The fourth-order valence-electron chi connectivity index (χ4n) is 3.30. The van der Waals surface area contributed by atoms with Gasteiger partial charge in [0.1, 0.15) is 17.3 Å². The maximum atomic E-state index is 12.5. The number of imidazole rings is 1. The second-order valence-corrected chi connectivity index (χ2v) is 6.93. The molecule has 4 rings (SSSR count). The lowest BCUT2D eigenvalue weighted by atomic mass is 10.1. The summed E-state index contributed by atoms with van der Waals surface area (Å²) >= 11 is 0. The molecule has 0 radical (unpaired) electrons. The number of rotatable bonds is 5. The number of methoxy groups -OCH3 is 1. The Balaban J connectivity index is 1.78. The number of hydrogen-bond donors (Lipinski definition) is 0. The summed E-state index contributed by atoms with van der Waals surface area (Å²) in [6.07, 6.45) is -4.73. The van der Waals surface area contributed by atoms with Crippen molar-refractivity contribution in [2.45, 2.75) is 19.8 Å². The van der Waals surface area contributed by atoms with E-state index < -0.39 is 6.36 Å². The highest BCUT2D eigenvalue weighted by Crippen LogP contribution is 2.30. The monoisotopic (exact) mass is 412 g/mol. The fourth-order valence-corrected chi connectivity index (χ4v) is 3.30. The van der Waals surface area contributed by atoms with E-state index in [1.165, 1.54) is 17.7 Å². The van der Waals surface area contributed by atoms with Crippen molar-refractivity contribution in [3.63, 3.8) is 0 Å². The minimum atomic E-state index is -4.73. The summed E-state index contributed by atoms with van der Waals surface area (Å²) in [4.78, 5) is 4.73. The molecule has 4 aromatic rings. The Kier molecular flexibility index (Phi) is 5.11.